The van der Waals surface area contributed by atoms with Gasteiger partial charge >= 0.3 is 0 Å². The Morgan fingerprint density at radius 2 is 2.12 bits per heavy atom. The lowest BCUT2D eigenvalue weighted by Crippen LogP contribution is -2.25. The highest BCUT2D eigenvalue weighted by Gasteiger charge is 2.17. The summed E-state index contributed by atoms with van der Waals surface area (Å²) in [5, 5.41) is 7.21. The van der Waals surface area contributed by atoms with Crippen LogP contribution in [-0.4, -0.2) is 25.9 Å². The van der Waals surface area contributed by atoms with Crippen molar-refractivity contribution in [2.45, 2.75) is 6.43 Å². The standard InChI is InChI=1S/C10H11BrF3N3/c1-17(4-7(12)13)6-3-2-5(10(15)16)8(11)9(6)14/h2-3,7H,4H2,1H3,(H3,15,16). The van der Waals surface area contributed by atoms with E-state index in [1.54, 1.807) is 0 Å². The molecule has 1 aromatic carbocycles. The molecule has 0 atom stereocenters. The van der Waals surface area contributed by atoms with Crippen molar-refractivity contribution < 1.29 is 13.2 Å². The minimum absolute atomic E-state index is 0.00335. The van der Waals surface area contributed by atoms with Crippen molar-refractivity contribution in [2.24, 2.45) is 5.73 Å². The molecule has 7 heteroatoms. The van der Waals surface area contributed by atoms with E-state index in [4.69, 9.17) is 11.1 Å². The van der Waals surface area contributed by atoms with Gasteiger partial charge in [-0.2, -0.15) is 0 Å². The molecule has 0 aromatic heterocycles. The maximum Gasteiger partial charge on any atom is 0.255 e. The number of nitrogen functional groups attached to an aromatic ring is 1. The lowest BCUT2D eigenvalue weighted by molar-refractivity contribution is 0.156. The Morgan fingerprint density at radius 1 is 1.53 bits per heavy atom. The molecule has 0 heterocycles. The van der Waals surface area contributed by atoms with Gasteiger partial charge in [-0.15, -0.1) is 0 Å². The van der Waals surface area contributed by atoms with Gasteiger partial charge in [-0.3, -0.25) is 5.41 Å². The maximum absolute atomic E-state index is 13.8. The van der Waals surface area contributed by atoms with E-state index in [2.05, 4.69) is 15.9 Å². The molecular formula is C10H11BrF3N3. The molecule has 3 N–H and O–H groups in total. The normalized spacial score (nSPS) is 10.7. The number of rotatable bonds is 4. The van der Waals surface area contributed by atoms with Gasteiger partial charge < -0.3 is 10.6 Å². The summed E-state index contributed by atoms with van der Waals surface area (Å²) < 4.78 is 38.2. The topological polar surface area (TPSA) is 53.1 Å². The monoisotopic (exact) mass is 309 g/mol. The van der Waals surface area contributed by atoms with Crippen molar-refractivity contribution in [3.63, 3.8) is 0 Å². The Labute approximate surface area is 105 Å². The third-order valence-electron chi connectivity index (χ3n) is 2.18. The summed E-state index contributed by atoms with van der Waals surface area (Å²) >= 11 is 2.96. The van der Waals surface area contributed by atoms with E-state index in [1.807, 2.05) is 0 Å². The highest BCUT2D eigenvalue weighted by Crippen LogP contribution is 2.29. The fourth-order valence-corrected chi connectivity index (χ4v) is 1.90. The van der Waals surface area contributed by atoms with Crippen molar-refractivity contribution in [3.8, 4) is 0 Å². The predicted molar refractivity (Wildman–Crippen MR) is 64.4 cm³/mol. The van der Waals surface area contributed by atoms with Crippen LogP contribution in [0.1, 0.15) is 5.56 Å². The average Bonchev–Trinajstić information content (AvgIpc) is 2.20. The quantitative estimate of drug-likeness (QED) is 0.663. The summed E-state index contributed by atoms with van der Waals surface area (Å²) in [6.07, 6.45) is -2.55. The van der Waals surface area contributed by atoms with E-state index in [0.29, 0.717) is 0 Å². The van der Waals surface area contributed by atoms with Gasteiger partial charge in [0.25, 0.3) is 6.43 Å². The highest BCUT2D eigenvalue weighted by atomic mass is 79.9. The number of halogens is 4. The third kappa shape index (κ3) is 3.12. The van der Waals surface area contributed by atoms with Gasteiger partial charge in [-0.25, -0.2) is 13.2 Å². The van der Waals surface area contributed by atoms with Crippen molar-refractivity contribution in [3.05, 3.63) is 28.0 Å². The molecule has 94 valence electrons. The molecule has 0 amide bonds. The van der Waals surface area contributed by atoms with E-state index < -0.39 is 18.8 Å². The fraction of sp³-hybridized carbons (Fsp3) is 0.300. The SMILES string of the molecule is CN(CC(F)F)c1ccc(C(=N)N)c(Br)c1F. The first-order valence-corrected chi connectivity index (χ1v) is 5.45. The van der Waals surface area contributed by atoms with Crippen LogP contribution in [0.3, 0.4) is 0 Å². The first-order valence-electron chi connectivity index (χ1n) is 4.66. The van der Waals surface area contributed by atoms with Crippen LogP contribution in [0.2, 0.25) is 0 Å². The molecule has 0 spiro atoms. The number of nitrogens with one attached hydrogen (secondary N) is 1. The molecule has 0 saturated heterocycles. The summed E-state index contributed by atoms with van der Waals surface area (Å²) in [6.45, 7) is -0.567. The van der Waals surface area contributed by atoms with Gasteiger partial charge in [0, 0.05) is 12.6 Å². The Kier molecular flexibility index (Phi) is 4.39. The largest absolute Gasteiger partial charge is 0.384 e. The van der Waals surface area contributed by atoms with Crippen LogP contribution in [0.15, 0.2) is 16.6 Å². The summed E-state index contributed by atoms with van der Waals surface area (Å²) in [7, 11) is 1.37. The van der Waals surface area contributed by atoms with Gasteiger partial charge in [-0.05, 0) is 28.1 Å². The van der Waals surface area contributed by atoms with Crippen molar-refractivity contribution in [1.82, 2.24) is 0 Å². The number of benzene rings is 1. The van der Waals surface area contributed by atoms with Gasteiger partial charge in [0.1, 0.15) is 5.84 Å². The minimum atomic E-state index is -2.55. The van der Waals surface area contributed by atoms with Gasteiger partial charge in [0.2, 0.25) is 0 Å². The second-order valence-corrected chi connectivity index (χ2v) is 4.24. The molecule has 0 aliphatic rings. The van der Waals surface area contributed by atoms with E-state index in [9.17, 15) is 13.2 Å². The molecule has 17 heavy (non-hydrogen) atoms. The first kappa shape index (κ1) is 13.8. The molecule has 0 unspecified atom stereocenters. The molecule has 3 nitrogen and oxygen atoms in total. The summed E-state index contributed by atoms with van der Waals surface area (Å²) in [5.41, 5.74) is 5.46. The minimum Gasteiger partial charge on any atom is -0.384 e. The van der Waals surface area contributed by atoms with Gasteiger partial charge in [-0.1, -0.05) is 0 Å². The summed E-state index contributed by atoms with van der Waals surface area (Å²) in [5.74, 6) is -1.00. The van der Waals surface area contributed by atoms with Crippen molar-refractivity contribution in [2.75, 3.05) is 18.5 Å². The lowest BCUT2D eigenvalue weighted by Gasteiger charge is -2.20. The molecule has 0 aliphatic carbocycles. The van der Waals surface area contributed by atoms with Crippen LogP contribution in [0.25, 0.3) is 0 Å². The van der Waals surface area contributed by atoms with E-state index in [-0.39, 0.29) is 21.6 Å². The molecule has 0 fully saturated rings. The second-order valence-electron chi connectivity index (χ2n) is 3.45. The Hall–Kier alpha value is -1.24. The van der Waals surface area contributed by atoms with Crippen molar-refractivity contribution >= 4 is 27.5 Å². The number of hydrogen-bond acceptors (Lipinski definition) is 2. The number of alkyl halides is 2. The Morgan fingerprint density at radius 3 is 2.59 bits per heavy atom. The smallest absolute Gasteiger partial charge is 0.255 e. The van der Waals surface area contributed by atoms with Crippen LogP contribution in [-0.2, 0) is 0 Å². The molecule has 0 aliphatic heterocycles. The molecule has 0 saturated carbocycles. The number of amidine groups is 1. The Balaban J connectivity index is 3.12. The molecule has 1 rings (SSSR count). The summed E-state index contributed by atoms with van der Waals surface area (Å²) in [6, 6.07) is 2.73. The molecule has 0 bridgehead atoms. The van der Waals surface area contributed by atoms with Crippen LogP contribution in [0.5, 0.6) is 0 Å². The van der Waals surface area contributed by atoms with Crippen molar-refractivity contribution in [1.29, 1.82) is 5.41 Å². The molecule has 0 radical (unpaired) electrons. The first-order chi connectivity index (χ1) is 7.84. The third-order valence-corrected chi connectivity index (χ3v) is 2.95. The second kappa shape index (κ2) is 5.39. The number of anilines is 1. The van der Waals surface area contributed by atoms with Crippen LogP contribution < -0.4 is 10.6 Å². The van der Waals surface area contributed by atoms with E-state index >= 15 is 0 Å². The Bertz CT molecular complexity index is 437. The molecule has 1 aromatic rings. The van der Waals surface area contributed by atoms with Crippen LogP contribution in [0.4, 0.5) is 18.9 Å². The zero-order chi connectivity index (χ0) is 13.2. The predicted octanol–water partition coefficient (Wildman–Crippen LogP) is 2.57. The van der Waals surface area contributed by atoms with E-state index in [1.165, 1.54) is 19.2 Å². The van der Waals surface area contributed by atoms with Gasteiger partial charge in [0.15, 0.2) is 5.82 Å². The summed E-state index contributed by atoms with van der Waals surface area (Å²) in [4.78, 5) is 1.11. The molecular weight excluding hydrogens is 299 g/mol. The zero-order valence-electron chi connectivity index (χ0n) is 8.98. The van der Waals surface area contributed by atoms with E-state index in [0.717, 1.165) is 4.90 Å². The zero-order valence-corrected chi connectivity index (χ0v) is 10.6. The van der Waals surface area contributed by atoms with Crippen LogP contribution in [0, 0.1) is 11.2 Å². The number of nitrogens with zero attached hydrogens (tertiary/aromatic N) is 1. The highest BCUT2D eigenvalue weighted by molar-refractivity contribution is 9.10. The maximum atomic E-state index is 13.8. The van der Waals surface area contributed by atoms with Crippen LogP contribution >= 0.6 is 15.9 Å². The average molecular weight is 310 g/mol. The fourth-order valence-electron chi connectivity index (χ4n) is 1.35. The lowest BCUT2D eigenvalue weighted by atomic mass is 10.1. The number of hydrogen-bond donors (Lipinski definition) is 2. The van der Waals surface area contributed by atoms with Gasteiger partial charge in [0.05, 0.1) is 16.7 Å². The number of nitrogens with two attached hydrogens (primary N) is 1.